The van der Waals surface area contributed by atoms with Crippen molar-refractivity contribution in [2.45, 2.75) is 31.7 Å². The maximum absolute atomic E-state index is 12.9. The second-order valence-electron chi connectivity index (χ2n) is 4.36. The number of ether oxygens (including phenoxy) is 1. The van der Waals surface area contributed by atoms with Gasteiger partial charge < -0.3 is 10.1 Å². The molecule has 1 fully saturated rings. The molecule has 2 nitrogen and oxygen atoms in total. The van der Waals surface area contributed by atoms with Gasteiger partial charge in [-0.15, -0.1) is 0 Å². The van der Waals surface area contributed by atoms with Crippen molar-refractivity contribution in [3.8, 4) is 5.75 Å². The summed E-state index contributed by atoms with van der Waals surface area (Å²) < 4.78 is 30.9. The number of hydrogen-bond acceptors (Lipinski definition) is 2. The Kier molecular flexibility index (Phi) is 4.31. The zero-order valence-corrected chi connectivity index (χ0v) is 9.72. The molecule has 1 unspecified atom stereocenters. The first-order chi connectivity index (χ1) is 8.25. The Morgan fingerprint density at radius 3 is 2.88 bits per heavy atom. The van der Waals surface area contributed by atoms with Crippen molar-refractivity contribution in [1.29, 1.82) is 0 Å². The number of nitrogens with one attached hydrogen (secondary N) is 1. The van der Waals surface area contributed by atoms with Gasteiger partial charge in [-0.1, -0.05) is 0 Å². The summed E-state index contributed by atoms with van der Waals surface area (Å²) in [5, 5.41) is 3.41. The van der Waals surface area contributed by atoms with Gasteiger partial charge in [0.1, 0.15) is 5.75 Å². The molecule has 0 amide bonds. The van der Waals surface area contributed by atoms with Crippen LogP contribution in [0.25, 0.3) is 0 Å². The highest BCUT2D eigenvalue weighted by atomic mass is 19.2. The molecule has 0 bridgehead atoms. The van der Waals surface area contributed by atoms with E-state index in [9.17, 15) is 8.78 Å². The lowest BCUT2D eigenvalue weighted by atomic mass is 10.1. The normalized spacial score (nSPS) is 19.5. The van der Waals surface area contributed by atoms with Crippen molar-refractivity contribution >= 4 is 0 Å². The predicted molar refractivity (Wildman–Crippen MR) is 62.1 cm³/mol. The van der Waals surface area contributed by atoms with Crippen LogP contribution in [0.3, 0.4) is 0 Å². The Morgan fingerprint density at radius 1 is 1.29 bits per heavy atom. The van der Waals surface area contributed by atoms with E-state index in [1.54, 1.807) is 0 Å². The van der Waals surface area contributed by atoms with Crippen LogP contribution in [0.15, 0.2) is 18.2 Å². The van der Waals surface area contributed by atoms with Crippen molar-refractivity contribution in [3.05, 3.63) is 29.8 Å². The lowest BCUT2D eigenvalue weighted by Gasteiger charge is -2.10. The summed E-state index contributed by atoms with van der Waals surface area (Å²) in [5.41, 5.74) is 0. The SMILES string of the molecule is Fc1ccc(OCCCC2CCCN2)cc1F. The molecule has 0 radical (unpaired) electrons. The summed E-state index contributed by atoms with van der Waals surface area (Å²) in [6.07, 6.45) is 4.47. The molecule has 1 atom stereocenters. The topological polar surface area (TPSA) is 21.3 Å². The van der Waals surface area contributed by atoms with Gasteiger partial charge in [-0.25, -0.2) is 8.78 Å². The zero-order valence-electron chi connectivity index (χ0n) is 9.72. The number of rotatable bonds is 5. The van der Waals surface area contributed by atoms with Crippen LogP contribution in [-0.4, -0.2) is 19.2 Å². The van der Waals surface area contributed by atoms with Gasteiger partial charge >= 0.3 is 0 Å². The van der Waals surface area contributed by atoms with Crippen LogP contribution in [0.1, 0.15) is 25.7 Å². The van der Waals surface area contributed by atoms with Gasteiger partial charge in [0.15, 0.2) is 11.6 Å². The fraction of sp³-hybridized carbons (Fsp3) is 0.538. The molecule has 1 heterocycles. The summed E-state index contributed by atoms with van der Waals surface area (Å²) >= 11 is 0. The zero-order chi connectivity index (χ0) is 12.1. The van der Waals surface area contributed by atoms with E-state index in [1.807, 2.05) is 0 Å². The summed E-state index contributed by atoms with van der Waals surface area (Å²) in [6, 6.07) is 4.22. The first-order valence-corrected chi connectivity index (χ1v) is 6.07. The fourth-order valence-corrected chi connectivity index (χ4v) is 2.09. The second-order valence-corrected chi connectivity index (χ2v) is 4.36. The standard InChI is InChI=1S/C13H17F2NO/c14-12-6-5-11(9-13(12)15)17-8-2-4-10-3-1-7-16-10/h5-6,9-10,16H,1-4,7-8H2. The molecule has 1 aromatic carbocycles. The molecule has 0 aliphatic carbocycles. The molecule has 0 spiro atoms. The highest BCUT2D eigenvalue weighted by molar-refractivity contribution is 5.23. The largest absolute Gasteiger partial charge is 0.493 e. The number of halogens is 2. The van der Waals surface area contributed by atoms with E-state index in [2.05, 4.69) is 5.32 Å². The molecule has 2 rings (SSSR count). The van der Waals surface area contributed by atoms with E-state index in [0.717, 1.165) is 31.5 Å². The van der Waals surface area contributed by atoms with Crippen LogP contribution < -0.4 is 10.1 Å². The monoisotopic (exact) mass is 241 g/mol. The summed E-state index contributed by atoms with van der Waals surface area (Å²) in [4.78, 5) is 0. The van der Waals surface area contributed by atoms with E-state index < -0.39 is 11.6 Å². The van der Waals surface area contributed by atoms with Crippen LogP contribution in [0.4, 0.5) is 8.78 Å². The van der Waals surface area contributed by atoms with Gasteiger partial charge in [-0.05, 0) is 44.4 Å². The van der Waals surface area contributed by atoms with E-state index in [-0.39, 0.29) is 0 Å². The molecule has 0 saturated carbocycles. The summed E-state index contributed by atoms with van der Waals surface area (Å²) in [5.74, 6) is -1.31. The maximum atomic E-state index is 12.9. The molecule has 17 heavy (non-hydrogen) atoms. The Balaban J connectivity index is 1.68. The molecule has 0 aromatic heterocycles. The van der Waals surface area contributed by atoms with Gasteiger partial charge in [-0.2, -0.15) is 0 Å². The third kappa shape index (κ3) is 3.66. The van der Waals surface area contributed by atoms with E-state index in [1.165, 1.54) is 18.9 Å². The Morgan fingerprint density at radius 2 is 2.18 bits per heavy atom. The Bertz CT molecular complexity index is 364. The quantitative estimate of drug-likeness (QED) is 0.800. The van der Waals surface area contributed by atoms with Crippen molar-refractivity contribution < 1.29 is 13.5 Å². The lowest BCUT2D eigenvalue weighted by Crippen LogP contribution is -2.21. The minimum Gasteiger partial charge on any atom is -0.493 e. The van der Waals surface area contributed by atoms with Crippen LogP contribution in [0, 0.1) is 11.6 Å². The maximum Gasteiger partial charge on any atom is 0.162 e. The molecule has 1 aliphatic heterocycles. The van der Waals surface area contributed by atoms with Crippen LogP contribution >= 0.6 is 0 Å². The van der Waals surface area contributed by atoms with Crippen LogP contribution in [0.5, 0.6) is 5.75 Å². The average molecular weight is 241 g/mol. The first kappa shape index (κ1) is 12.3. The average Bonchev–Trinajstić information content (AvgIpc) is 2.82. The minimum absolute atomic E-state index is 0.392. The molecule has 1 aliphatic rings. The van der Waals surface area contributed by atoms with Gasteiger partial charge in [-0.3, -0.25) is 0 Å². The van der Waals surface area contributed by atoms with Crippen molar-refractivity contribution in [3.63, 3.8) is 0 Å². The van der Waals surface area contributed by atoms with E-state index in [4.69, 9.17) is 4.74 Å². The van der Waals surface area contributed by atoms with Crippen molar-refractivity contribution in [2.24, 2.45) is 0 Å². The third-order valence-electron chi connectivity index (χ3n) is 3.02. The van der Waals surface area contributed by atoms with E-state index >= 15 is 0 Å². The predicted octanol–water partition coefficient (Wildman–Crippen LogP) is 2.88. The number of benzene rings is 1. The second kappa shape index (κ2) is 5.96. The van der Waals surface area contributed by atoms with Gasteiger partial charge in [0.25, 0.3) is 0 Å². The van der Waals surface area contributed by atoms with Gasteiger partial charge in [0, 0.05) is 12.1 Å². The van der Waals surface area contributed by atoms with Crippen LogP contribution in [0.2, 0.25) is 0 Å². The molecule has 1 N–H and O–H groups in total. The Labute approximate surface area is 100.0 Å². The van der Waals surface area contributed by atoms with Gasteiger partial charge in [0.05, 0.1) is 6.61 Å². The molecule has 4 heteroatoms. The highest BCUT2D eigenvalue weighted by Crippen LogP contribution is 2.16. The molecule has 1 aromatic rings. The first-order valence-electron chi connectivity index (χ1n) is 6.07. The molecular weight excluding hydrogens is 224 g/mol. The van der Waals surface area contributed by atoms with Crippen LogP contribution in [-0.2, 0) is 0 Å². The fourth-order valence-electron chi connectivity index (χ4n) is 2.09. The van der Waals surface area contributed by atoms with Crippen molar-refractivity contribution in [1.82, 2.24) is 5.32 Å². The third-order valence-corrected chi connectivity index (χ3v) is 3.02. The molecule has 94 valence electrons. The molecule has 1 saturated heterocycles. The number of hydrogen-bond donors (Lipinski definition) is 1. The smallest absolute Gasteiger partial charge is 0.162 e. The van der Waals surface area contributed by atoms with Crippen molar-refractivity contribution in [2.75, 3.05) is 13.2 Å². The Hall–Kier alpha value is -1.16. The summed E-state index contributed by atoms with van der Waals surface area (Å²) in [7, 11) is 0. The summed E-state index contributed by atoms with van der Waals surface area (Å²) in [6.45, 7) is 1.65. The molecular formula is C13H17F2NO. The lowest BCUT2D eigenvalue weighted by molar-refractivity contribution is 0.296. The van der Waals surface area contributed by atoms with Gasteiger partial charge in [0.2, 0.25) is 0 Å². The minimum atomic E-state index is -0.861. The highest BCUT2D eigenvalue weighted by Gasteiger charge is 2.13. The van der Waals surface area contributed by atoms with E-state index in [0.29, 0.717) is 18.4 Å².